The molecule has 0 spiro atoms. The molecular weight excluding hydrogens is 206 g/mol. The van der Waals surface area contributed by atoms with Crippen LogP contribution < -0.4 is 5.32 Å². The molecule has 1 aliphatic carbocycles. The van der Waals surface area contributed by atoms with E-state index in [1.807, 2.05) is 0 Å². The van der Waals surface area contributed by atoms with Crippen LogP contribution in [0.2, 0.25) is 0 Å². The van der Waals surface area contributed by atoms with Gasteiger partial charge in [-0.2, -0.15) is 0 Å². The Morgan fingerprint density at radius 2 is 1.71 bits per heavy atom. The molecule has 1 fully saturated rings. The molecular formula is C16H33N. The fourth-order valence-corrected chi connectivity index (χ4v) is 3.12. The van der Waals surface area contributed by atoms with E-state index in [1.165, 1.54) is 64.2 Å². The summed E-state index contributed by atoms with van der Waals surface area (Å²) in [6.07, 6.45) is 14.5. The number of hydrogen-bond donors (Lipinski definition) is 1. The van der Waals surface area contributed by atoms with Gasteiger partial charge >= 0.3 is 0 Å². The van der Waals surface area contributed by atoms with Gasteiger partial charge in [-0.05, 0) is 38.1 Å². The predicted molar refractivity (Wildman–Crippen MR) is 77.3 cm³/mol. The molecule has 0 saturated heterocycles. The molecule has 1 atom stereocenters. The molecule has 0 radical (unpaired) electrons. The highest BCUT2D eigenvalue weighted by Gasteiger charge is 2.15. The zero-order chi connectivity index (χ0) is 12.5. The molecule has 17 heavy (non-hydrogen) atoms. The highest BCUT2D eigenvalue weighted by atomic mass is 14.9. The minimum absolute atomic E-state index is 0.774. The second-order valence-electron chi connectivity index (χ2n) is 6.39. The smallest absolute Gasteiger partial charge is 0.00641 e. The van der Waals surface area contributed by atoms with Gasteiger partial charge in [0.1, 0.15) is 0 Å². The Labute approximate surface area is 109 Å². The van der Waals surface area contributed by atoms with Gasteiger partial charge in [-0.15, -0.1) is 0 Å². The molecule has 1 nitrogen and oxygen atoms in total. The van der Waals surface area contributed by atoms with Crippen molar-refractivity contribution in [2.75, 3.05) is 7.05 Å². The van der Waals surface area contributed by atoms with Crippen molar-refractivity contribution < 1.29 is 0 Å². The van der Waals surface area contributed by atoms with Crippen LogP contribution in [0.25, 0.3) is 0 Å². The van der Waals surface area contributed by atoms with Crippen molar-refractivity contribution in [3.63, 3.8) is 0 Å². The quantitative estimate of drug-likeness (QED) is 0.644. The first-order valence-electron chi connectivity index (χ1n) is 7.89. The van der Waals surface area contributed by atoms with Crippen molar-refractivity contribution in [3.05, 3.63) is 0 Å². The van der Waals surface area contributed by atoms with E-state index < -0.39 is 0 Å². The normalized spacial score (nSPS) is 19.8. The number of rotatable bonds is 8. The summed E-state index contributed by atoms with van der Waals surface area (Å²) in [7, 11) is 2.14. The molecule has 0 aromatic carbocycles. The lowest BCUT2D eigenvalue weighted by Gasteiger charge is -2.24. The summed E-state index contributed by atoms with van der Waals surface area (Å²) in [5.41, 5.74) is 0. The largest absolute Gasteiger partial charge is 0.317 e. The van der Waals surface area contributed by atoms with Gasteiger partial charge in [0.2, 0.25) is 0 Å². The first-order chi connectivity index (χ1) is 8.22. The van der Waals surface area contributed by atoms with Crippen LogP contribution in [0.5, 0.6) is 0 Å². The van der Waals surface area contributed by atoms with Crippen molar-refractivity contribution in [2.24, 2.45) is 11.8 Å². The Morgan fingerprint density at radius 3 is 2.29 bits per heavy atom. The third kappa shape index (κ3) is 7.08. The summed E-state index contributed by atoms with van der Waals surface area (Å²) in [6.45, 7) is 4.66. The van der Waals surface area contributed by atoms with Crippen LogP contribution in [-0.2, 0) is 0 Å². The molecule has 0 aliphatic heterocycles. The minimum Gasteiger partial charge on any atom is -0.317 e. The fourth-order valence-electron chi connectivity index (χ4n) is 3.12. The number of nitrogens with one attached hydrogen (secondary N) is 1. The van der Waals surface area contributed by atoms with E-state index in [9.17, 15) is 0 Å². The third-order valence-corrected chi connectivity index (χ3v) is 4.39. The van der Waals surface area contributed by atoms with Crippen molar-refractivity contribution in [3.8, 4) is 0 Å². The van der Waals surface area contributed by atoms with Gasteiger partial charge in [0.15, 0.2) is 0 Å². The SMILES string of the molecule is CNC(CCCC(C)C)CCC1CCCCC1. The van der Waals surface area contributed by atoms with Crippen LogP contribution in [0.15, 0.2) is 0 Å². The summed E-state index contributed by atoms with van der Waals surface area (Å²) in [5.74, 6) is 1.91. The van der Waals surface area contributed by atoms with E-state index in [2.05, 4.69) is 26.2 Å². The van der Waals surface area contributed by atoms with Crippen molar-refractivity contribution in [1.29, 1.82) is 0 Å². The molecule has 0 amide bonds. The van der Waals surface area contributed by atoms with Crippen molar-refractivity contribution in [2.45, 2.75) is 84.1 Å². The summed E-state index contributed by atoms with van der Waals surface area (Å²) < 4.78 is 0. The van der Waals surface area contributed by atoms with E-state index in [1.54, 1.807) is 0 Å². The Kier molecular flexibility index (Phi) is 7.92. The average Bonchev–Trinajstić information content (AvgIpc) is 2.34. The van der Waals surface area contributed by atoms with Gasteiger partial charge < -0.3 is 5.32 Å². The average molecular weight is 239 g/mol. The lowest BCUT2D eigenvalue weighted by atomic mass is 9.84. The van der Waals surface area contributed by atoms with E-state index >= 15 is 0 Å². The molecule has 0 bridgehead atoms. The zero-order valence-corrected chi connectivity index (χ0v) is 12.3. The second kappa shape index (κ2) is 8.97. The van der Waals surface area contributed by atoms with E-state index in [-0.39, 0.29) is 0 Å². The molecule has 1 rings (SSSR count). The maximum absolute atomic E-state index is 3.52. The lowest BCUT2D eigenvalue weighted by molar-refractivity contribution is 0.309. The first kappa shape index (κ1) is 15.0. The van der Waals surface area contributed by atoms with Crippen LogP contribution in [0.3, 0.4) is 0 Å². The molecule has 1 unspecified atom stereocenters. The predicted octanol–water partition coefficient (Wildman–Crippen LogP) is 4.76. The Hall–Kier alpha value is -0.0400. The van der Waals surface area contributed by atoms with E-state index in [4.69, 9.17) is 0 Å². The van der Waals surface area contributed by atoms with Gasteiger partial charge in [0.05, 0.1) is 0 Å². The van der Waals surface area contributed by atoms with Crippen LogP contribution >= 0.6 is 0 Å². The maximum atomic E-state index is 3.52. The van der Waals surface area contributed by atoms with Crippen LogP contribution in [0.4, 0.5) is 0 Å². The molecule has 102 valence electrons. The van der Waals surface area contributed by atoms with Gasteiger partial charge in [-0.3, -0.25) is 0 Å². The highest BCUT2D eigenvalue weighted by Crippen LogP contribution is 2.28. The Bertz CT molecular complexity index is 170. The standard InChI is InChI=1S/C16H33N/c1-14(2)8-7-11-16(17-3)13-12-15-9-5-4-6-10-15/h14-17H,4-13H2,1-3H3. The maximum Gasteiger partial charge on any atom is 0.00641 e. The Balaban J connectivity index is 2.08. The van der Waals surface area contributed by atoms with Gasteiger partial charge in [-0.1, -0.05) is 58.8 Å². The van der Waals surface area contributed by atoms with Crippen molar-refractivity contribution >= 4 is 0 Å². The summed E-state index contributed by atoms with van der Waals surface area (Å²) in [4.78, 5) is 0. The lowest BCUT2D eigenvalue weighted by Crippen LogP contribution is -2.26. The number of hydrogen-bond acceptors (Lipinski definition) is 1. The topological polar surface area (TPSA) is 12.0 Å². The third-order valence-electron chi connectivity index (χ3n) is 4.39. The monoisotopic (exact) mass is 239 g/mol. The fraction of sp³-hybridized carbons (Fsp3) is 1.00. The van der Waals surface area contributed by atoms with Crippen LogP contribution in [-0.4, -0.2) is 13.1 Å². The zero-order valence-electron chi connectivity index (χ0n) is 12.3. The Morgan fingerprint density at radius 1 is 1.00 bits per heavy atom. The van der Waals surface area contributed by atoms with E-state index in [0.717, 1.165) is 17.9 Å². The molecule has 0 aromatic rings. The molecule has 1 heteroatoms. The van der Waals surface area contributed by atoms with Crippen LogP contribution in [0, 0.1) is 11.8 Å². The highest BCUT2D eigenvalue weighted by molar-refractivity contribution is 4.71. The summed E-state index contributed by atoms with van der Waals surface area (Å²) in [5, 5.41) is 3.52. The van der Waals surface area contributed by atoms with E-state index in [0.29, 0.717) is 0 Å². The minimum atomic E-state index is 0.774. The van der Waals surface area contributed by atoms with Gasteiger partial charge in [0.25, 0.3) is 0 Å². The van der Waals surface area contributed by atoms with Crippen LogP contribution in [0.1, 0.15) is 78.1 Å². The summed E-state index contributed by atoms with van der Waals surface area (Å²) >= 11 is 0. The van der Waals surface area contributed by atoms with Gasteiger partial charge in [0, 0.05) is 6.04 Å². The molecule has 1 saturated carbocycles. The van der Waals surface area contributed by atoms with Gasteiger partial charge in [-0.25, -0.2) is 0 Å². The molecule has 1 aliphatic rings. The first-order valence-corrected chi connectivity index (χ1v) is 7.89. The summed E-state index contributed by atoms with van der Waals surface area (Å²) in [6, 6.07) is 0.774. The molecule has 0 aromatic heterocycles. The molecule has 0 heterocycles. The molecule has 1 N–H and O–H groups in total. The second-order valence-corrected chi connectivity index (χ2v) is 6.39. The van der Waals surface area contributed by atoms with Crippen molar-refractivity contribution in [1.82, 2.24) is 5.32 Å².